The molecule has 0 spiro atoms. The summed E-state index contributed by atoms with van der Waals surface area (Å²) < 4.78 is 1.49. The van der Waals surface area contributed by atoms with Crippen LogP contribution < -0.4 is 0 Å². The highest BCUT2D eigenvalue weighted by molar-refractivity contribution is 5.84. The molecule has 0 atom stereocenters. The molecule has 4 rings (SSSR count). The van der Waals surface area contributed by atoms with Crippen LogP contribution in [-0.2, 0) is 6.54 Å². The van der Waals surface area contributed by atoms with E-state index in [0.29, 0.717) is 18.2 Å². The van der Waals surface area contributed by atoms with E-state index in [-0.39, 0.29) is 5.69 Å². The molecule has 118 valence electrons. The Hall–Kier alpha value is -3.27. The zero-order valence-electron chi connectivity index (χ0n) is 12.7. The van der Waals surface area contributed by atoms with Gasteiger partial charge in [-0.25, -0.2) is 14.5 Å². The number of fused-ring (bicyclic) bond motifs is 1. The first-order chi connectivity index (χ1) is 11.6. The van der Waals surface area contributed by atoms with E-state index in [9.17, 15) is 10.1 Å². The Balaban J connectivity index is 1.69. The summed E-state index contributed by atoms with van der Waals surface area (Å²) in [6.45, 7) is 0.426. The summed E-state index contributed by atoms with van der Waals surface area (Å²) in [6, 6.07) is 10.0. The van der Waals surface area contributed by atoms with E-state index < -0.39 is 5.97 Å². The van der Waals surface area contributed by atoms with Gasteiger partial charge in [-0.15, -0.1) is 5.10 Å². The Bertz CT molecular complexity index is 998. The van der Waals surface area contributed by atoms with E-state index >= 15 is 0 Å². The maximum atomic E-state index is 10.9. The van der Waals surface area contributed by atoms with Gasteiger partial charge in [-0.2, -0.15) is 5.26 Å². The number of hydrogen-bond donors (Lipinski definition) is 1. The highest BCUT2D eigenvalue weighted by atomic mass is 16.4. The number of hydrogen-bond acceptors (Lipinski definition) is 5. The standard InChI is InChI=1S/C17H13N5O2/c18-7-15-13(11-2-3-11)6-12-5-10(1-4-14(12)19-15)8-22-9-16(17(23)24)20-21-22/h1,4-6,9,11H,2-3,8H2,(H,23,24). The smallest absolute Gasteiger partial charge is 0.358 e. The maximum Gasteiger partial charge on any atom is 0.358 e. The Morgan fingerprint density at radius 2 is 2.21 bits per heavy atom. The minimum absolute atomic E-state index is 0.0767. The third-order valence-electron chi connectivity index (χ3n) is 4.13. The van der Waals surface area contributed by atoms with Gasteiger partial charge in [-0.3, -0.25) is 0 Å². The minimum atomic E-state index is -1.10. The lowest BCUT2D eigenvalue weighted by molar-refractivity contribution is 0.0690. The normalized spacial score (nSPS) is 13.8. The molecule has 1 aliphatic rings. The van der Waals surface area contributed by atoms with Crippen molar-refractivity contribution in [1.29, 1.82) is 5.26 Å². The molecule has 0 bridgehead atoms. The van der Waals surface area contributed by atoms with Crippen LogP contribution in [0.25, 0.3) is 10.9 Å². The predicted molar refractivity (Wildman–Crippen MR) is 84.5 cm³/mol. The number of pyridine rings is 1. The molecule has 0 aliphatic heterocycles. The second kappa shape index (κ2) is 5.42. The van der Waals surface area contributed by atoms with Crippen molar-refractivity contribution >= 4 is 16.9 Å². The molecule has 1 fully saturated rings. The molecule has 7 heteroatoms. The zero-order chi connectivity index (χ0) is 16.7. The lowest BCUT2D eigenvalue weighted by atomic mass is 10.0. The number of carboxylic acids is 1. The number of nitriles is 1. The molecule has 0 unspecified atom stereocenters. The van der Waals surface area contributed by atoms with Crippen LogP contribution in [0.5, 0.6) is 0 Å². The molecule has 3 aromatic rings. The third kappa shape index (κ3) is 2.58. The van der Waals surface area contributed by atoms with Crippen LogP contribution >= 0.6 is 0 Å². The second-order valence-corrected chi connectivity index (χ2v) is 5.95. The summed E-state index contributed by atoms with van der Waals surface area (Å²) in [7, 11) is 0. The summed E-state index contributed by atoms with van der Waals surface area (Å²) >= 11 is 0. The molecule has 1 aliphatic carbocycles. The van der Waals surface area contributed by atoms with Gasteiger partial charge in [0.2, 0.25) is 0 Å². The summed E-state index contributed by atoms with van der Waals surface area (Å²) in [5, 5.41) is 26.6. The van der Waals surface area contributed by atoms with Gasteiger partial charge in [-0.1, -0.05) is 11.3 Å². The van der Waals surface area contributed by atoms with Crippen LogP contribution in [0.15, 0.2) is 30.5 Å². The maximum absolute atomic E-state index is 10.9. The van der Waals surface area contributed by atoms with Crippen LogP contribution in [0.4, 0.5) is 0 Å². The van der Waals surface area contributed by atoms with Gasteiger partial charge < -0.3 is 5.11 Å². The van der Waals surface area contributed by atoms with E-state index in [1.807, 2.05) is 24.3 Å². The first-order valence-corrected chi connectivity index (χ1v) is 7.61. The fourth-order valence-corrected chi connectivity index (χ4v) is 2.80. The molecule has 0 radical (unpaired) electrons. The van der Waals surface area contributed by atoms with Crippen LogP contribution in [0.2, 0.25) is 0 Å². The average Bonchev–Trinajstić information content (AvgIpc) is 3.32. The highest BCUT2D eigenvalue weighted by Crippen LogP contribution is 2.42. The Morgan fingerprint density at radius 3 is 2.88 bits per heavy atom. The van der Waals surface area contributed by atoms with E-state index in [1.54, 1.807) is 0 Å². The number of benzene rings is 1. The molecule has 0 saturated heterocycles. The fourth-order valence-electron chi connectivity index (χ4n) is 2.80. The van der Waals surface area contributed by atoms with Crippen LogP contribution in [0.1, 0.15) is 46.1 Å². The number of aromatic carboxylic acids is 1. The van der Waals surface area contributed by atoms with Gasteiger partial charge in [0.05, 0.1) is 18.3 Å². The number of nitrogens with zero attached hydrogens (tertiary/aromatic N) is 5. The van der Waals surface area contributed by atoms with Gasteiger partial charge in [0.25, 0.3) is 0 Å². The number of carbonyl (C=O) groups is 1. The summed E-state index contributed by atoms with van der Waals surface area (Å²) in [4.78, 5) is 15.3. The van der Waals surface area contributed by atoms with Crippen LogP contribution in [-0.4, -0.2) is 31.1 Å². The highest BCUT2D eigenvalue weighted by Gasteiger charge is 2.27. The van der Waals surface area contributed by atoms with Gasteiger partial charge in [-0.05, 0) is 48.1 Å². The molecule has 1 aromatic carbocycles. The van der Waals surface area contributed by atoms with Crippen LogP contribution in [0.3, 0.4) is 0 Å². The predicted octanol–water partition coefficient (Wildman–Crippen LogP) is 2.32. The molecule has 24 heavy (non-hydrogen) atoms. The zero-order valence-corrected chi connectivity index (χ0v) is 12.7. The van der Waals surface area contributed by atoms with Crippen molar-refractivity contribution in [2.24, 2.45) is 0 Å². The van der Waals surface area contributed by atoms with Crippen molar-refractivity contribution in [2.45, 2.75) is 25.3 Å². The largest absolute Gasteiger partial charge is 0.476 e. The van der Waals surface area contributed by atoms with Crippen molar-refractivity contribution in [3.63, 3.8) is 0 Å². The van der Waals surface area contributed by atoms with E-state index in [0.717, 1.165) is 34.9 Å². The van der Waals surface area contributed by atoms with Crippen molar-refractivity contribution in [2.75, 3.05) is 0 Å². The summed E-state index contributed by atoms with van der Waals surface area (Å²) in [6.07, 6.45) is 3.62. The lowest BCUT2D eigenvalue weighted by Crippen LogP contribution is -2.01. The van der Waals surface area contributed by atoms with Gasteiger partial charge >= 0.3 is 5.97 Å². The van der Waals surface area contributed by atoms with Crippen LogP contribution in [0, 0.1) is 11.3 Å². The van der Waals surface area contributed by atoms with Crippen molar-refractivity contribution in [1.82, 2.24) is 20.0 Å². The number of carboxylic acid groups (broad SMARTS) is 1. The first kappa shape index (κ1) is 14.3. The second-order valence-electron chi connectivity index (χ2n) is 5.95. The monoisotopic (exact) mass is 319 g/mol. The molecule has 1 saturated carbocycles. The van der Waals surface area contributed by atoms with Crippen molar-refractivity contribution in [3.8, 4) is 6.07 Å². The molecular formula is C17H13N5O2. The van der Waals surface area contributed by atoms with Crippen molar-refractivity contribution in [3.05, 3.63) is 53.0 Å². The Morgan fingerprint density at radius 1 is 1.38 bits per heavy atom. The molecule has 1 N–H and O–H groups in total. The number of rotatable bonds is 4. The van der Waals surface area contributed by atoms with E-state index in [4.69, 9.17) is 5.11 Å². The lowest BCUT2D eigenvalue weighted by Gasteiger charge is -2.07. The molecular weight excluding hydrogens is 306 g/mol. The van der Waals surface area contributed by atoms with Gasteiger partial charge in [0, 0.05) is 5.39 Å². The quantitative estimate of drug-likeness (QED) is 0.791. The van der Waals surface area contributed by atoms with Crippen molar-refractivity contribution < 1.29 is 9.90 Å². The Kier molecular flexibility index (Phi) is 3.24. The topological polar surface area (TPSA) is 105 Å². The van der Waals surface area contributed by atoms with E-state index in [1.165, 1.54) is 10.9 Å². The van der Waals surface area contributed by atoms with Gasteiger partial charge in [0.1, 0.15) is 11.8 Å². The van der Waals surface area contributed by atoms with E-state index in [2.05, 4.69) is 21.4 Å². The third-order valence-corrected chi connectivity index (χ3v) is 4.13. The number of aromatic nitrogens is 4. The first-order valence-electron chi connectivity index (χ1n) is 7.61. The SMILES string of the molecule is N#Cc1nc2ccc(Cn3cc(C(=O)O)nn3)cc2cc1C1CC1. The molecule has 2 heterocycles. The van der Waals surface area contributed by atoms with Gasteiger partial charge in [0.15, 0.2) is 5.69 Å². The Labute approximate surface area is 137 Å². The average molecular weight is 319 g/mol. The molecule has 7 nitrogen and oxygen atoms in total. The summed E-state index contributed by atoms with van der Waals surface area (Å²) in [5.41, 5.74) is 3.21. The molecule has 0 amide bonds. The summed E-state index contributed by atoms with van der Waals surface area (Å²) in [5.74, 6) is -0.643. The minimum Gasteiger partial charge on any atom is -0.476 e. The molecule has 2 aromatic heterocycles. The fraction of sp³-hybridized carbons (Fsp3) is 0.235.